The summed E-state index contributed by atoms with van der Waals surface area (Å²) in [4.78, 5) is 5.25. The normalized spacial score (nSPS) is 27.9. The van der Waals surface area contributed by atoms with Crippen LogP contribution < -0.4 is 0 Å². The molecule has 2 heterocycles. The third-order valence-corrected chi connectivity index (χ3v) is 4.10. The average Bonchev–Trinajstić information content (AvgIpc) is 2.94. The van der Waals surface area contributed by atoms with Crippen molar-refractivity contribution in [1.29, 1.82) is 0 Å². The second-order valence-electron chi connectivity index (χ2n) is 5.25. The van der Waals surface area contributed by atoms with Gasteiger partial charge >= 0.3 is 0 Å². The monoisotopic (exact) mass is 226 g/mol. The molecule has 0 aromatic heterocycles. The highest BCUT2D eigenvalue weighted by molar-refractivity contribution is 4.80. The molecule has 1 unspecified atom stereocenters. The number of likely N-dealkylation sites (tertiary alicyclic amines) is 2. The molecule has 0 aromatic carbocycles. The zero-order valence-corrected chi connectivity index (χ0v) is 10.4. The number of aliphatic hydroxyl groups is 1. The van der Waals surface area contributed by atoms with Crippen LogP contribution in [-0.4, -0.2) is 60.3 Å². The Hall–Kier alpha value is -0.120. The van der Waals surface area contributed by atoms with E-state index in [9.17, 15) is 0 Å². The van der Waals surface area contributed by atoms with Crippen molar-refractivity contribution in [3.05, 3.63) is 0 Å². The number of hydrogen-bond acceptors (Lipinski definition) is 3. The minimum Gasteiger partial charge on any atom is -0.396 e. The first-order chi connectivity index (χ1) is 7.90. The Bertz CT molecular complexity index is 192. The predicted octanol–water partition coefficient (Wildman–Crippen LogP) is 1.32. The minimum absolute atomic E-state index is 0.358. The van der Waals surface area contributed by atoms with Crippen LogP contribution in [-0.2, 0) is 0 Å². The molecule has 3 nitrogen and oxygen atoms in total. The standard InChI is InChI=1S/C13H26N2O/c16-12-4-6-13-5-3-9-15(13)11-10-14-7-1-2-8-14/h13,16H,1-12H2. The highest BCUT2D eigenvalue weighted by Crippen LogP contribution is 2.21. The summed E-state index contributed by atoms with van der Waals surface area (Å²) in [6.45, 7) is 6.77. The van der Waals surface area contributed by atoms with E-state index in [2.05, 4.69) is 9.80 Å². The van der Waals surface area contributed by atoms with Gasteiger partial charge < -0.3 is 10.0 Å². The molecular weight excluding hydrogens is 200 g/mol. The Morgan fingerprint density at radius 3 is 2.56 bits per heavy atom. The largest absolute Gasteiger partial charge is 0.396 e. The molecule has 0 amide bonds. The van der Waals surface area contributed by atoms with E-state index in [0.717, 1.165) is 12.5 Å². The Balaban J connectivity index is 1.66. The van der Waals surface area contributed by atoms with Gasteiger partial charge in [-0.05, 0) is 58.2 Å². The molecule has 2 aliphatic heterocycles. The number of hydrogen-bond donors (Lipinski definition) is 1. The van der Waals surface area contributed by atoms with Gasteiger partial charge in [-0.2, -0.15) is 0 Å². The maximum absolute atomic E-state index is 8.89. The summed E-state index contributed by atoms with van der Waals surface area (Å²) < 4.78 is 0. The van der Waals surface area contributed by atoms with Gasteiger partial charge in [-0.15, -0.1) is 0 Å². The zero-order chi connectivity index (χ0) is 11.2. The maximum Gasteiger partial charge on any atom is 0.0431 e. The van der Waals surface area contributed by atoms with E-state index in [1.54, 1.807) is 0 Å². The Morgan fingerprint density at radius 1 is 1.00 bits per heavy atom. The van der Waals surface area contributed by atoms with Crippen LogP contribution in [0.1, 0.15) is 38.5 Å². The molecule has 16 heavy (non-hydrogen) atoms. The van der Waals surface area contributed by atoms with Crippen LogP contribution in [0.3, 0.4) is 0 Å². The van der Waals surface area contributed by atoms with Gasteiger partial charge in [0.25, 0.3) is 0 Å². The quantitative estimate of drug-likeness (QED) is 0.740. The molecule has 3 heteroatoms. The van der Waals surface area contributed by atoms with Crippen molar-refractivity contribution in [3.63, 3.8) is 0 Å². The van der Waals surface area contributed by atoms with Gasteiger partial charge in [0.15, 0.2) is 0 Å². The number of aliphatic hydroxyl groups excluding tert-OH is 1. The fraction of sp³-hybridized carbons (Fsp3) is 1.00. The van der Waals surface area contributed by atoms with Crippen LogP contribution in [0.4, 0.5) is 0 Å². The van der Waals surface area contributed by atoms with Crippen molar-refractivity contribution in [3.8, 4) is 0 Å². The molecule has 2 aliphatic rings. The van der Waals surface area contributed by atoms with Crippen LogP contribution in [0.15, 0.2) is 0 Å². The van der Waals surface area contributed by atoms with Crippen LogP contribution in [0.25, 0.3) is 0 Å². The van der Waals surface area contributed by atoms with E-state index < -0.39 is 0 Å². The third-order valence-electron chi connectivity index (χ3n) is 4.10. The van der Waals surface area contributed by atoms with E-state index in [0.29, 0.717) is 6.61 Å². The summed E-state index contributed by atoms with van der Waals surface area (Å²) in [7, 11) is 0. The molecule has 0 bridgehead atoms. The third kappa shape index (κ3) is 3.44. The molecule has 2 fully saturated rings. The van der Waals surface area contributed by atoms with Crippen LogP contribution >= 0.6 is 0 Å². The fourth-order valence-electron chi connectivity index (χ4n) is 3.12. The second-order valence-corrected chi connectivity index (χ2v) is 5.25. The SMILES string of the molecule is OCCCC1CCCN1CCN1CCCC1. The van der Waals surface area contributed by atoms with Crippen LogP contribution in [0.5, 0.6) is 0 Å². The first-order valence-corrected chi connectivity index (χ1v) is 6.97. The first kappa shape index (κ1) is 12.3. The molecule has 0 aromatic rings. The van der Waals surface area contributed by atoms with E-state index in [1.165, 1.54) is 64.8 Å². The van der Waals surface area contributed by atoms with Crippen molar-refractivity contribution in [2.45, 2.75) is 44.6 Å². The lowest BCUT2D eigenvalue weighted by Crippen LogP contribution is -2.36. The summed E-state index contributed by atoms with van der Waals surface area (Å²) in [6.07, 6.45) is 7.67. The lowest BCUT2D eigenvalue weighted by molar-refractivity contribution is 0.191. The summed E-state index contributed by atoms with van der Waals surface area (Å²) >= 11 is 0. The topological polar surface area (TPSA) is 26.7 Å². The van der Waals surface area contributed by atoms with Crippen molar-refractivity contribution in [1.82, 2.24) is 9.80 Å². The van der Waals surface area contributed by atoms with Crippen LogP contribution in [0, 0.1) is 0 Å². The molecule has 0 aliphatic carbocycles. The van der Waals surface area contributed by atoms with E-state index in [-0.39, 0.29) is 0 Å². The highest BCUT2D eigenvalue weighted by atomic mass is 16.2. The zero-order valence-electron chi connectivity index (χ0n) is 10.4. The van der Waals surface area contributed by atoms with Gasteiger partial charge in [-0.25, -0.2) is 0 Å². The van der Waals surface area contributed by atoms with Gasteiger partial charge in [0.1, 0.15) is 0 Å². The number of nitrogens with zero attached hydrogens (tertiary/aromatic N) is 2. The van der Waals surface area contributed by atoms with Gasteiger partial charge in [-0.1, -0.05) is 0 Å². The highest BCUT2D eigenvalue weighted by Gasteiger charge is 2.24. The maximum atomic E-state index is 8.89. The molecule has 1 atom stereocenters. The van der Waals surface area contributed by atoms with Gasteiger partial charge in [0.05, 0.1) is 0 Å². The molecule has 0 radical (unpaired) electrons. The smallest absolute Gasteiger partial charge is 0.0431 e. The molecule has 2 saturated heterocycles. The summed E-state index contributed by atoms with van der Waals surface area (Å²) in [5.74, 6) is 0. The van der Waals surface area contributed by atoms with Crippen molar-refractivity contribution >= 4 is 0 Å². The van der Waals surface area contributed by atoms with Gasteiger partial charge in [0, 0.05) is 25.7 Å². The molecular formula is C13H26N2O. The van der Waals surface area contributed by atoms with Crippen molar-refractivity contribution in [2.24, 2.45) is 0 Å². The minimum atomic E-state index is 0.358. The Labute approximate surface area is 99.4 Å². The van der Waals surface area contributed by atoms with Gasteiger partial charge in [-0.3, -0.25) is 4.90 Å². The van der Waals surface area contributed by atoms with Gasteiger partial charge in [0.2, 0.25) is 0 Å². The molecule has 1 N–H and O–H groups in total. The summed E-state index contributed by atoms with van der Waals surface area (Å²) in [5.41, 5.74) is 0. The molecule has 94 valence electrons. The first-order valence-electron chi connectivity index (χ1n) is 6.97. The fourth-order valence-corrected chi connectivity index (χ4v) is 3.12. The van der Waals surface area contributed by atoms with E-state index in [1.807, 2.05) is 0 Å². The Morgan fingerprint density at radius 2 is 1.81 bits per heavy atom. The summed E-state index contributed by atoms with van der Waals surface area (Å²) in [6, 6.07) is 0.759. The number of rotatable bonds is 6. The Kier molecular flexibility index (Phi) is 5.07. The molecule has 0 spiro atoms. The lowest BCUT2D eigenvalue weighted by Gasteiger charge is -2.26. The van der Waals surface area contributed by atoms with E-state index in [4.69, 9.17) is 5.11 Å². The molecule has 0 saturated carbocycles. The molecule has 2 rings (SSSR count). The summed E-state index contributed by atoms with van der Waals surface area (Å²) in [5, 5.41) is 8.89. The predicted molar refractivity (Wildman–Crippen MR) is 66.6 cm³/mol. The van der Waals surface area contributed by atoms with Crippen molar-refractivity contribution < 1.29 is 5.11 Å². The average molecular weight is 226 g/mol. The second kappa shape index (κ2) is 6.58. The van der Waals surface area contributed by atoms with Crippen LogP contribution in [0.2, 0.25) is 0 Å². The van der Waals surface area contributed by atoms with E-state index >= 15 is 0 Å². The lowest BCUT2D eigenvalue weighted by atomic mass is 10.1. The van der Waals surface area contributed by atoms with Crippen molar-refractivity contribution in [2.75, 3.05) is 39.3 Å².